The maximum absolute atomic E-state index is 10.6. The van der Waals surface area contributed by atoms with Crippen molar-refractivity contribution in [1.29, 1.82) is 0 Å². The van der Waals surface area contributed by atoms with E-state index in [-0.39, 0.29) is 5.92 Å². The van der Waals surface area contributed by atoms with Crippen molar-refractivity contribution in [2.45, 2.75) is 26.7 Å². The highest BCUT2D eigenvalue weighted by atomic mass is 16.4. The topological polar surface area (TPSA) is 44.6 Å². The van der Waals surface area contributed by atoms with E-state index in [9.17, 15) is 9.90 Å². The van der Waals surface area contributed by atoms with Crippen molar-refractivity contribution in [3.8, 4) is 0 Å². The van der Waals surface area contributed by atoms with E-state index in [1.807, 2.05) is 0 Å². The summed E-state index contributed by atoms with van der Waals surface area (Å²) in [6.07, 6.45) is 1.59. The van der Waals surface area contributed by atoms with Gasteiger partial charge >= 0.3 is 0 Å². The second-order valence-electron chi connectivity index (χ2n) is 4.44. The van der Waals surface area contributed by atoms with Crippen molar-refractivity contribution in [3.63, 3.8) is 0 Å². The summed E-state index contributed by atoms with van der Waals surface area (Å²) >= 11 is 0. The standard InChI is InChI=1S/C10H19NO2/c1-8(2)7-11-5-3-9(4-6-11)10(12)13/h8-9H,3-7H2,1-2H3,(H,12,13). The molecule has 1 aliphatic rings. The Bertz CT molecular complexity index is 172. The van der Waals surface area contributed by atoms with Gasteiger partial charge in [0, 0.05) is 30.6 Å². The Kier molecular flexibility index (Phi) is 3.72. The van der Waals surface area contributed by atoms with Gasteiger partial charge in [0.15, 0.2) is 0 Å². The smallest absolute Gasteiger partial charge is 0.0794 e. The quantitative estimate of drug-likeness (QED) is 0.593. The highest BCUT2D eigenvalue weighted by Gasteiger charge is 2.22. The minimum atomic E-state index is -0.858. The maximum atomic E-state index is 10.6. The molecule has 0 aliphatic carbocycles. The van der Waals surface area contributed by atoms with E-state index >= 15 is 0 Å². The van der Waals surface area contributed by atoms with Crippen molar-refractivity contribution < 1.29 is 14.8 Å². The van der Waals surface area contributed by atoms with Gasteiger partial charge in [0.2, 0.25) is 0 Å². The van der Waals surface area contributed by atoms with Crippen LogP contribution in [-0.4, -0.2) is 25.6 Å². The molecule has 0 aromatic heterocycles. The van der Waals surface area contributed by atoms with E-state index < -0.39 is 5.97 Å². The van der Waals surface area contributed by atoms with Gasteiger partial charge in [-0.1, -0.05) is 13.8 Å². The number of nitrogens with one attached hydrogen (secondary N) is 1. The van der Waals surface area contributed by atoms with Crippen LogP contribution in [0.5, 0.6) is 0 Å². The molecular formula is C10H19NO2. The first-order valence-corrected chi connectivity index (χ1v) is 5.14. The van der Waals surface area contributed by atoms with Crippen molar-refractivity contribution in [1.82, 2.24) is 0 Å². The van der Waals surface area contributed by atoms with E-state index in [4.69, 9.17) is 0 Å². The average molecular weight is 185 g/mol. The molecule has 13 heavy (non-hydrogen) atoms. The molecule has 3 nitrogen and oxygen atoms in total. The molecule has 0 atom stereocenters. The van der Waals surface area contributed by atoms with E-state index in [2.05, 4.69) is 13.8 Å². The van der Waals surface area contributed by atoms with Gasteiger partial charge in [-0.25, -0.2) is 0 Å². The van der Waals surface area contributed by atoms with Gasteiger partial charge < -0.3 is 14.8 Å². The van der Waals surface area contributed by atoms with Crippen LogP contribution in [-0.2, 0) is 4.79 Å². The van der Waals surface area contributed by atoms with E-state index in [0.717, 1.165) is 25.9 Å². The Morgan fingerprint density at radius 1 is 1.46 bits per heavy atom. The van der Waals surface area contributed by atoms with Gasteiger partial charge in [0.25, 0.3) is 0 Å². The zero-order valence-electron chi connectivity index (χ0n) is 8.51. The monoisotopic (exact) mass is 185 g/mol. The van der Waals surface area contributed by atoms with Crippen LogP contribution in [0.2, 0.25) is 0 Å². The molecule has 0 saturated carbocycles. The van der Waals surface area contributed by atoms with Gasteiger partial charge in [0.05, 0.1) is 19.6 Å². The molecule has 0 radical (unpaired) electrons. The SMILES string of the molecule is CC(C)C[NH+]1CCC(C(=O)[O-])CC1. The van der Waals surface area contributed by atoms with Crippen LogP contribution in [0.1, 0.15) is 26.7 Å². The van der Waals surface area contributed by atoms with Gasteiger partial charge in [-0.05, 0) is 0 Å². The van der Waals surface area contributed by atoms with Gasteiger partial charge in [-0.2, -0.15) is 0 Å². The molecule has 0 bridgehead atoms. The van der Waals surface area contributed by atoms with Crippen molar-refractivity contribution in [2.75, 3.05) is 19.6 Å². The van der Waals surface area contributed by atoms with Crippen molar-refractivity contribution in [2.24, 2.45) is 11.8 Å². The molecule has 0 amide bonds. The molecule has 1 heterocycles. The molecule has 3 heteroatoms. The lowest BCUT2D eigenvalue weighted by Gasteiger charge is -2.30. The number of hydrogen-bond donors (Lipinski definition) is 1. The molecule has 1 saturated heterocycles. The molecular weight excluding hydrogens is 166 g/mol. The number of carboxylic acid groups (broad SMARTS) is 1. The normalized spacial score (nSPS) is 29.2. The highest BCUT2D eigenvalue weighted by molar-refractivity contribution is 5.67. The third-order valence-corrected chi connectivity index (χ3v) is 2.72. The summed E-state index contributed by atoms with van der Waals surface area (Å²) in [6, 6.07) is 0. The summed E-state index contributed by atoms with van der Waals surface area (Å²) in [7, 11) is 0. The molecule has 0 aromatic rings. The molecule has 0 spiro atoms. The van der Waals surface area contributed by atoms with E-state index in [1.54, 1.807) is 4.90 Å². The number of piperidine rings is 1. The van der Waals surface area contributed by atoms with Crippen LogP contribution in [0.4, 0.5) is 0 Å². The second-order valence-corrected chi connectivity index (χ2v) is 4.44. The fraction of sp³-hybridized carbons (Fsp3) is 0.900. The van der Waals surface area contributed by atoms with Crippen LogP contribution >= 0.6 is 0 Å². The Morgan fingerprint density at radius 2 is 2.00 bits per heavy atom. The average Bonchev–Trinajstić information content (AvgIpc) is 2.04. The lowest BCUT2D eigenvalue weighted by atomic mass is 9.96. The molecule has 1 aliphatic heterocycles. The molecule has 0 aromatic carbocycles. The summed E-state index contributed by atoms with van der Waals surface area (Å²) < 4.78 is 0. The number of aliphatic carboxylic acids is 1. The van der Waals surface area contributed by atoms with Gasteiger partial charge in [0.1, 0.15) is 0 Å². The van der Waals surface area contributed by atoms with E-state index in [1.165, 1.54) is 6.54 Å². The third-order valence-electron chi connectivity index (χ3n) is 2.72. The number of hydrogen-bond acceptors (Lipinski definition) is 2. The van der Waals surface area contributed by atoms with Crippen LogP contribution in [0.3, 0.4) is 0 Å². The predicted octanol–water partition coefficient (Wildman–Crippen LogP) is -1.31. The molecule has 76 valence electrons. The molecule has 1 rings (SSSR count). The first-order chi connectivity index (χ1) is 6.09. The first-order valence-electron chi connectivity index (χ1n) is 5.14. The number of carbonyl (C=O) groups excluding carboxylic acids is 1. The van der Waals surface area contributed by atoms with E-state index in [0.29, 0.717) is 5.92 Å². The predicted molar refractivity (Wildman–Crippen MR) is 48.1 cm³/mol. The summed E-state index contributed by atoms with van der Waals surface area (Å²) in [5, 5.41) is 10.6. The van der Waals surface area contributed by atoms with Crippen LogP contribution < -0.4 is 10.0 Å². The Balaban J connectivity index is 2.26. The zero-order chi connectivity index (χ0) is 9.84. The Morgan fingerprint density at radius 3 is 2.38 bits per heavy atom. The fourth-order valence-electron chi connectivity index (χ4n) is 2.04. The van der Waals surface area contributed by atoms with Crippen LogP contribution in [0.15, 0.2) is 0 Å². The van der Waals surface area contributed by atoms with Gasteiger partial charge in [-0.15, -0.1) is 0 Å². The molecule has 0 unspecified atom stereocenters. The van der Waals surface area contributed by atoms with Crippen LogP contribution in [0.25, 0.3) is 0 Å². The summed E-state index contributed by atoms with van der Waals surface area (Å²) in [5.41, 5.74) is 0. The van der Waals surface area contributed by atoms with Crippen molar-refractivity contribution >= 4 is 5.97 Å². The molecule has 1 N–H and O–H groups in total. The van der Waals surface area contributed by atoms with Crippen molar-refractivity contribution in [3.05, 3.63) is 0 Å². The summed E-state index contributed by atoms with van der Waals surface area (Å²) in [6.45, 7) is 7.57. The summed E-state index contributed by atoms with van der Waals surface area (Å²) in [4.78, 5) is 12.1. The zero-order valence-corrected chi connectivity index (χ0v) is 8.51. The maximum Gasteiger partial charge on any atom is 0.0794 e. The second kappa shape index (κ2) is 4.61. The number of carboxylic acids is 1. The lowest BCUT2D eigenvalue weighted by Crippen LogP contribution is -3.13. The van der Waals surface area contributed by atoms with Crippen LogP contribution in [0, 0.1) is 11.8 Å². The minimum Gasteiger partial charge on any atom is -0.550 e. The number of likely N-dealkylation sites (tertiary alicyclic amines) is 1. The molecule has 1 fully saturated rings. The van der Waals surface area contributed by atoms with Gasteiger partial charge in [-0.3, -0.25) is 0 Å². The highest BCUT2D eigenvalue weighted by Crippen LogP contribution is 2.07. The Hall–Kier alpha value is -0.570. The minimum absolute atomic E-state index is 0.184. The fourth-order valence-corrected chi connectivity index (χ4v) is 2.04. The largest absolute Gasteiger partial charge is 0.550 e. The number of carbonyl (C=O) groups is 1. The lowest BCUT2D eigenvalue weighted by molar-refractivity contribution is -0.908. The third kappa shape index (κ3) is 3.35. The summed E-state index contributed by atoms with van der Waals surface area (Å²) in [5.74, 6) is -0.339. The first kappa shape index (κ1) is 10.5. The number of quaternary nitrogens is 1. The Labute approximate surface area is 79.7 Å². The number of rotatable bonds is 3.